The molecule has 0 bridgehead atoms. The molecule has 0 aliphatic carbocycles. The van der Waals surface area contributed by atoms with Crippen molar-refractivity contribution < 1.29 is 9.59 Å². The van der Waals surface area contributed by atoms with Crippen molar-refractivity contribution in [2.75, 3.05) is 18.4 Å². The van der Waals surface area contributed by atoms with Crippen LogP contribution < -0.4 is 16.0 Å². The summed E-state index contributed by atoms with van der Waals surface area (Å²) in [6.45, 7) is 5.22. The van der Waals surface area contributed by atoms with Crippen LogP contribution >= 0.6 is 11.3 Å². The van der Waals surface area contributed by atoms with E-state index < -0.39 is 0 Å². The maximum atomic E-state index is 12.2. The van der Waals surface area contributed by atoms with Gasteiger partial charge in [-0.2, -0.15) is 0 Å². The van der Waals surface area contributed by atoms with Crippen LogP contribution in [0.2, 0.25) is 0 Å². The standard InChI is InChI=1S/C20H23N5O2S/c1-13-10-17-18(24-12-25-20(17)28-13)23-11-15-4-6-16(7-5-15)19(27)22-9-3-8-21-14(2)26/h4-7,10,12H,3,8-9,11H2,1-2H3,(H,21,26)(H,22,27)(H,23,24,25). The molecule has 146 valence electrons. The molecule has 0 saturated heterocycles. The van der Waals surface area contributed by atoms with Gasteiger partial charge in [0.15, 0.2) is 0 Å². The average molecular weight is 398 g/mol. The SMILES string of the molecule is CC(=O)NCCCNC(=O)c1ccc(CNc2ncnc3sc(C)cc23)cc1. The maximum absolute atomic E-state index is 12.2. The lowest BCUT2D eigenvalue weighted by Crippen LogP contribution is -2.28. The van der Waals surface area contributed by atoms with Crippen molar-refractivity contribution in [2.24, 2.45) is 0 Å². The van der Waals surface area contributed by atoms with E-state index in [-0.39, 0.29) is 11.8 Å². The number of aromatic nitrogens is 2. The molecule has 3 N–H and O–H groups in total. The normalized spacial score (nSPS) is 10.6. The Bertz CT molecular complexity index is 968. The zero-order valence-electron chi connectivity index (χ0n) is 15.9. The minimum Gasteiger partial charge on any atom is -0.365 e. The topological polar surface area (TPSA) is 96.0 Å². The van der Waals surface area contributed by atoms with Gasteiger partial charge in [0, 0.05) is 37.0 Å². The first kappa shape index (κ1) is 19.8. The third-order valence-corrected chi connectivity index (χ3v) is 5.10. The number of nitrogens with one attached hydrogen (secondary N) is 3. The molecule has 0 unspecified atom stereocenters. The molecule has 0 atom stereocenters. The van der Waals surface area contributed by atoms with Gasteiger partial charge in [0.25, 0.3) is 5.91 Å². The van der Waals surface area contributed by atoms with Crippen LogP contribution in [0.3, 0.4) is 0 Å². The summed E-state index contributed by atoms with van der Waals surface area (Å²) in [5.41, 5.74) is 1.67. The first-order valence-electron chi connectivity index (χ1n) is 9.09. The Morgan fingerprint density at radius 1 is 1.07 bits per heavy atom. The van der Waals surface area contributed by atoms with E-state index in [1.807, 2.05) is 24.3 Å². The second kappa shape index (κ2) is 9.27. The van der Waals surface area contributed by atoms with Gasteiger partial charge in [-0.05, 0) is 37.1 Å². The number of anilines is 1. The minimum atomic E-state index is -0.117. The molecule has 0 aliphatic rings. The number of rotatable bonds is 8. The highest BCUT2D eigenvalue weighted by atomic mass is 32.1. The second-order valence-electron chi connectivity index (χ2n) is 6.44. The van der Waals surface area contributed by atoms with Crippen molar-refractivity contribution in [3.8, 4) is 0 Å². The fourth-order valence-electron chi connectivity index (χ4n) is 2.73. The van der Waals surface area contributed by atoms with E-state index in [1.54, 1.807) is 17.7 Å². The van der Waals surface area contributed by atoms with Gasteiger partial charge in [0.1, 0.15) is 17.0 Å². The third-order valence-electron chi connectivity index (χ3n) is 4.14. The molecule has 2 amide bonds. The smallest absolute Gasteiger partial charge is 0.251 e. The largest absolute Gasteiger partial charge is 0.365 e. The van der Waals surface area contributed by atoms with Crippen LogP contribution in [0.1, 0.15) is 34.1 Å². The summed E-state index contributed by atoms with van der Waals surface area (Å²) in [7, 11) is 0. The molecule has 0 fully saturated rings. The molecule has 0 saturated carbocycles. The lowest BCUT2D eigenvalue weighted by Gasteiger charge is -2.08. The first-order valence-corrected chi connectivity index (χ1v) is 9.91. The molecule has 7 nitrogen and oxygen atoms in total. The van der Waals surface area contributed by atoms with Gasteiger partial charge in [-0.1, -0.05) is 12.1 Å². The fourth-order valence-corrected chi connectivity index (χ4v) is 3.58. The number of fused-ring (bicyclic) bond motifs is 1. The van der Waals surface area contributed by atoms with Crippen LogP contribution in [-0.4, -0.2) is 34.9 Å². The maximum Gasteiger partial charge on any atom is 0.251 e. The second-order valence-corrected chi connectivity index (χ2v) is 7.68. The van der Waals surface area contributed by atoms with Gasteiger partial charge < -0.3 is 16.0 Å². The van der Waals surface area contributed by atoms with Crippen molar-refractivity contribution in [3.05, 3.63) is 52.7 Å². The quantitative estimate of drug-likeness (QED) is 0.508. The van der Waals surface area contributed by atoms with Crippen LogP contribution in [0.5, 0.6) is 0 Å². The summed E-state index contributed by atoms with van der Waals surface area (Å²) in [6, 6.07) is 9.56. The summed E-state index contributed by atoms with van der Waals surface area (Å²) >= 11 is 1.65. The molecule has 3 rings (SSSR count). The third kappa shape index (κ3) is 5.26. The number of benzene rings is 1. The van der Waals surface area contributed by atoms with Crippen molar-refractivity contribution in [3.63, 3.8) is 0 Å². The van der Waals surface area contributed by atoms with Crippen molar-refractivity contribution in [2.45, 2.75) is 26.8 Å². The highest BCUT2D eigenvalue weighted by molar-refractivity contribution is 7.18. The molecule has 0 radical (unpaired) electrons. The number of carbonyl (C=O) groups is 2. The number of thiophene rings is 1. The van der Waals surface area contributed by atoms with Crippen molar-refractivity contribution in [1.29, 1.82) is 0 Å². The summed E-state index contributed by atoms with van der Waals surface area (Å²) < 4.78 is 0. The molecule has 3 aromatic rings. The number of amides is 2. The highest BCUT2D eigenvalue weighted by Gasteiger charge is 2.08. The molecule has 1 aromatic carbocycles. The Balaban J connectivity index is 1.51. The number of carbonyl (C=O) groups excluding carboxylic acids is 2. The van der Waals surface area contributed by atoms with Gasteiger partial charge in [0.2, 0.25) is 5.91 Å². The number of hydrogen-bond donors (Lipinski definition) is 3. The lowest BCUT2D eigenvalue weighted by molar-refractivity contribution is -0.118. The number of nitrogens with zero attached hydrogens (tertiary/aromatic N) is 2. The van der Waals surface area contributed by atoms with Gasteiger partial charge in [0.05, 0.1) is 5.39 Å². The van der Waals surface area contributed by atoms with Crippen LogP contribution in [0.15, 0.2) is 36.7 Å². The van der Waals surface area contributed by atoms with Crippen LogP contribution in [0.4, 0.5) is 5.82 Å². The van der Waals surface area contributed by atoms with E-state index >= 15 is 0 Å². The van der Waals surface area contributed by atoms with E-state index in [0.29, 0.717) is 31.6 Å². The number of hydrogen-bond acceptors (Lipinski definition) is 6. The zero-order valence-corrected chi connectivity index (χ0v) is 16.7. The first-order chi connectivity index (χ1) is 13.5. The van der Waals surface area contributed by atoms with Gasteiger partial charge in [-0.15, -0.1) is 11.3 Å². The van der Waals surface area contributed by atoms with E-state index in [4.69, 9.17) is 0 Å². The van der Waals surface area contributed by atoms with Crippen LogP contribution in [0.25, 0.3) is 10.2 Å². The summed E-state index contributed by atoms with van der Waals surface area (Å²) in [5, 5.41) is 9.92. The van der Waals surface area contributed by atoms with E-state index in [9.17, 15) is 9.59 Å². The molecule has 0 spiro atoms. The predicted octanol–water partition coefficient (Wildman–Crippen LogP) is 2.87. The van der Waals surface area contributed by atoms with Crippen molar-refractivity contribution in [1.82, 2.24) is 20.6 Å². The van der Waals surface area contributed by atoms with Gasteiger partial charge >= 0.3 is 0 Å². The van der Waals surface area contributed by atoms with E-state index in [2.05, 4.69) is 38.9 Å². The van der Waals surface area contributed by atoms with Gasteiger partial charge in [-0.3, -0.25) is 9.59 Å². The number of aryl methyl sites for hydroxylation is 1. The van der Waals surface area contributed by atoms with E-state index in [0.717, 1.165) is 21.6 Å². The van der Waals surface area contributed by atoms with Crippen LogP contribution in [0, 0.1) is 6.92 Å². The minimum absolute atomic E-state index is 0.0626. The Morgan fingerprint density at radius 3 is 2.57 bits per heavy atom. The summed E-state index contributed by atoms with van der Waals surface area (Å²) in [4.78, 5) is 33.7. The molecule has 0 aliphatic heterocycles. The Kier molecular flexibility index (Phi) is 6.54. The monoisotopic (exact) mass is 397 g/mol. The fraction of sp³-hybridized carbons (Fsp3) is 0.300. The van der Waals surface area contributed by atoms with Gasteiger partial charge in [-0.25, -0.2) is 9.97 Å². The molecular formula is C20H23N5O2S. The van der Waals surface area contributed by atoms with E-state index in [1.165, 1.54) is 11.8 Å². The van der Waals surface area contributed by atoms with Crippen molar-refractivity contribution >= 4 is 39.2 Å². The molecule has 2 heterocycles. The highest BCUT2D eigenvalue weighted by Crippen LogP contribution is 2.27. The molecular weight excluding hydrogens is 374 g/mol. The Hall–Kier alpha value is -3.00. The Labute approximate surface area is 167 Å². The van der Waals surface area contributed by atoms with Crippen LogP contribution in [-0.2, 0) is 11.3 Å². The zero-order chi connectivity index (χ0) is 19.9. The Morgan fingerprint density at radius 2 is 1.82 bits per heavy atom. The molecule has 2 aromatic heterocycles. The molecule has 8 heteroatoms. The lowest BCUT2D eigenvalue weighted by atomic mass is 10.1. The summed E-state index contributed by atoms with van der Waals surface area (Å²) in [6.07, 6.45) is 2.27. The molecule has 28 heavy (non-hydrogen) atoms. The predicted molar refractivity (Wildman–Crippen MR) is 112 cm³/mol. The average Bonchev–Trinajstić information content (AvgIpc) is 3.07. The summed E-state index contributed by atoms with van der Waals surface area (Å²) in [5.74, 6) is 0.635.